The third kappa shape index (κ3) is 2.97. The van der Waals surface area contributed by atoms with E-state index in [1.807, 2.05) is 4.68 Å². The minimum absolute atomic E-state index is 0.197. The van der Waals surface area contributed by atoms with Crippen molar-refractivity contribution in [2.24, 2.45) is 0 Å². The Hall–Kier alpha value is -2.71. The van der Waals surface area contributed by atoms with Crippen LogP contribution >= 0.6 is 0 Å². The van der Waals surface area contributed by atoms with Crippen molar-refractivity contribution >= 4 is 11.9 Å². The maximum absolute atomic E-state index is 12.2. The summed E-state index contributed by atoms with van der Waals surface area (Å²) in [5.74, 6) is -1.19. The van der Waals surface area contributed by atoms with Crippen LogP contribution in [0.1, 0.15) is 34.6 Å². The SMILES string of the molecule is O=C(O)Cn1cc(CNC(=O)c2cnn3c2CCCC3)nn1. The van der Waals surface area contributed by atoms with E-state index in [-0.39, 0.29) is 19.0 Å². The largest absolute Gasteiger partial charge is 0.480 e. The molecule has 0 fully saturated rings. The minimum atomic E-state index is -0.994. The topological polar surface area (TPSA) is 115 Å². The number of aliphatic carboxylic acids is 1. The lowest BCUT2D eigenvalue weighted by Crippen LogP contribution is -2.25. The number of carbonyl (C=O) groups is 2. The molecule has 0 saturated carbocycles. The lowest BCUT2D eigenvalue weighted by atomic mass is 10.1. The van der Waals surface area contributed by atoms with Crippen molar-refractivity contribution in [1.29, 1.82) is 0 Å². The van der Waals surface area contributed by atoms with Crippen molar-refractivity contribution in [1.82, 2.24) is 30.1 Å². The Kier molecular flexibility index (Phi) is 3.86. The number of fused-ring (bicyclic) bond motifs is 1. The van der Waals surface area contributed by atoms with E-state index < -0.39 is 5.97 Å². The van der Waals surface area contributed by atoms with Crippen molar-refractivity contribution in [2.45, 2.75) is 38.9 Å². The van der Waals surface area contributed by atoms with Crippen molar-refractivity contribution < 1.29 is 14.7 Å². The van der Waals surface area contributed by atoms with Crippen LogP contribution in [0, 0.1) is 0 Å². The number of nitrogens with one attached hydrogen (secondary N) is 1. The number of hydrogen-bond donors (Lipinski definition) is 2. The number of hydrogen-bond acceptors (Lipinski definition) is 5. The van der Waals surface area contributed by atoms with Crippen molar-refractivity contribution in [3.63, 3.8) is 0 Å². The normalized spacial score (nSPS) is 13.6. The molecule has 0 aliphatic carbocycles. The van der Waals surface area contributed by atoms with E-state index in [1.54, 1.807) is 6.20 Å². The molecule has 0 spiro atoms. The van der Waals surface area contributed by atoms with E-state index in [0.717, 1.165) is 31.5 Å². The van der Waals surface area contributed by atoms with E-state index in [9.17, 15) is 9.59 Å². The summed E-state index contributed by atoms with van der Waals surface area (Å²) in [5.41, 5.74) is 2.08. The number of aromatic nitrogens is 5. The summed E-state index contributed by atoms with van der Waals surface area (Å²) in [6, 6.07) is 0. The molecule has 0 radical (unpaired) electrons. The molecule has 0 unspecified atom stereocenters. The predicted molar refractivity (Wildman–Crippen MR) is 74.0 cm³/mol. The van der Waals surface area contributed by atoms with Crippen LogP contribution < -0.4 is 5.32 Å². The van der Waals surface area contributed by atoms with Gasteiger partial charge in [-0.3, -0.25) is 14.3 Å². The molecule has 9 nitrogen and oxygen atoms in total. The quantitative estimate of drug-likeness (QED) is 0.792. The van der Waals surface area contributed by atoms with E-state index in [2.05, 4.69) is 20.7 Å². The summed E-state index contributed by atoms with van der Waals surface area (Å²) in [5, 5.41) is 23.2. The van der Waals surface area contributed by atoms with E-state index >= 15 is 0 Å². The fourth-order valence-electron chi connectivity index (χ4n) is 2.51. The van der Waals surface area contributed by atoms with Gasteiger partial charge in [-0.1, -0.05) is 5.21 Å². The molecule has 3 rings (SSSR count). The van der Waals surface area contributed by atoms with Gasteiger partial charge in [0.15, 0.2) is 0 Å². The molecular formula is C13H16N6O3. The Morgan fingerprint density at radius 2 is 2.23 bits per heavy atom. The molecule has 0 bridgehead atoms. The van der Waals surface area contributed by atoms with Crippen molar-refractivity contribution in [3.8, 4) is 0 Å². The van der Waals surface area contributed by atoms with Gasteiger partial charge in [0.25, 0.3) is 5.91 Å². The summed E-state index contributed by atoms with van der Waals surface area (Å²) in [4.78, 5) is 22.8. The zero-order valence-corrected chi connectivity index (χ0v) is 11.9. The van der Waals surface area contributed by atoms with Crippen molar-refractivity contribution in [2.75, 3.05) is 0 Å². The maximum Gasteiger partial charge on any atom is 0.325 e. The lowest BCUT2D eigenvalue weighted by Gasteiger charge is -2.14. The number of rotatable bonds is 5. The van der Waals surface area contributed by atoms with Gasteiger partial charge in [0.2, 0.25) is 0 Å². The van der Waals surface area contributed by atoms with Crippen LogP contribution in [0.25, 0.3) is 0 Å². The van der Waals surface area contributed by atoms with Gasteiger partial charge in [0.1, 0.15) is 12.2 Å². The van der Waals surface area contributed by atoms with Crippen LogP contribution in [0.4, 0.5) is 0 Å². The number of nitrogens with zero attached hydrogens (tertiary/aromatic N) is 5. The summed E-state index contributed by atoms with van der Waals surface area (Å²) in [7, 11) is 0. The molecule has 116 valence electrons. The first kappa shape index (κ1) is 14.2. The smallest absolute Gasteiger partial charge is 0.325 e. The average molecular weight is 304 g/mol. The molecule has 0 saturated heterocycles. The zero-order valence-electron chi connectivity index (χ0n) is 11.9. The third-order valence-corrected chi connectivity index (χ3v) is 3.54. The Labute approximate surface area is 125 Å². The van der Waals surface area contributed by atoms with Crippen molar-refractivity contribution in [3.05, 3.63) is 29.3 Å². The van der Waals surface area contributed by atoms with Gasteiger partial charge >= 0.3 is 5.97 Å². The van der Waals surface area contributed by atoms with Crippen LogP contribution in [-0.2, 0) is 30.8 Å². The lowest BCUT2D eigenvalue weighted by molar-refractivity contribution is -0.137. The van der Waals surface area contributed by atoms with Gasteiger partial charge < -0.3 is 10.4 Å². The molecule has 1 aliphatic heterocycles. The van der Waals surface area contributed by atoms with E-state index in [4.69, 9.17) is 5.11 Å². The predicted octanol–water partition coefficient (Wildman–Crippen LogP) is -0.175. The maximum atomic E-state index is 12.2. The van der Waals surface area contributed by atoms with Gasteiger partial charge in [-0.2, -0.15) is 5.10 Å². The average Bonchev–Trinajstić information content (AvgIpc) is 3.10. The molecule has 2 N–H and O–H groups in total. The number of carboxylic acids is 1. The highest BCUT2D eigenvalue weighted by Gasteiger charge is 2.19. The van der Waals surface area contributed by atoms with Gasteiger partial charge in [-0.25, -0.2) is 4.68 Å². The third-order valence-electron chi connectivity index (χ3n) is 3.54. The highest BCUT2D eigenvalue weighted by Crippen LogP contribution is 2.17. The fourth-order valence-corrected chi connectivity index (χ4v) is 2.51. The van der Waals surface area contributed by atoms with Crippen LogP contribution in [0.2, 0.25) is 0 Å². The molecule has 2 aromatic heterocycles. The Morgan fingerprint density at radius 3 is 3.05 bits per heavy atom. The first-order chi connectivity index (χ1) is 10.6. The van der Waals surface area contributed by atoms with E-state index in [0.29, 0.717) is 11.3 Å². The van der Waals surface area contributed by atoms with Crippen LogP contribution in [-0.4, -0.2) is 41.8 Å². The molecule has 1 amide bonds. The molecule has 9 heteroatoms. The molecule has 22 heavy (non-hydrogen) atoms. The fraction of sp³-hybridized carbons (Fsp3) is 0.462. The number of carbonyl (C=O) groups excluding carboxylic acids is 1. The first-order valence-corrected chi connectivity index (χ1v) is 7.07. The standard InChI is InChI=1S/C13H16N6O3/c20-12(21)8-18-7-9(16-17-18)5-14-13(22)10-6-15-19-4-2-1-3-11(10)19/h6-7H,1-5,8H2,(H,14,22)(H,20,21). The Bertz CT molecular complexity index is 704. The van der Waals surface area contributed by atoms with Gasteiger partial charge in [-0.15, -0.1) is 5.10 Å². The zero-order chi connectivity index (χ0) is 15.5. The minimum Gasteiger partial charge on any atom is -0.480 e. The Balaban J connectivity index is 1.61. The second kappa shape index (κ2) is 5.96. The second-order valence-corrected chi connectivity index (χ2v) is 5.17. The number of aryl methyl sites for hydroxylation is 1. The highest BCUT2D eigenvalue weighted by molar-refractivity contribution is 5.95. The molecule has 3 heterocycles. The molecule has 0 aromatic carbocycles. The number of amides is 1. The van der Waals surface area contributed by atoms with Crippen LogP contribution in [0.5, 0.6) is 0 Å². The van der Waals surface area contributed by atoms with Gasteiger partial charge in [-0.05, 0) is 19.3 Å². The van der Waals surface area contributed by atoms with Crippen LogP contribution in [0.15, 0.2) is 12.4 Å². The highest BCUT2D eigenvalue weighted by atomic mass is 16.4. The molecule has 0 atom stereocenters. The summed E-state index contributed by atoms with van der Waals surface area (Å²) in [6.45, 7) is 0.799. The first-order valence-electron chi connectivity index (χ1n) is 7.07. The van der Waals surface area contributed by atoms with Gasteiger partial charge in [0.05, 0.1) is 30.2 Å². The summed E-state index contributed by atoms with van der Waals surface area (Å²) in [6.07, 6.45) is 6.11. The summed E-state index contributed by atoms with van der Waals surface area (Å²) < 4.78 is 3.09. The molecular weight excluding hydrogens is 288 g/mol. The molecule has 1 aliphatic rings. The van der Waals surface area contributed by atoms with Crippen LogP contribution in [0.3, 0.4) is 0 Å². The van der Waals surface area contributed by atoms with Gasteiger partial charge in [0, 0.05) is 6.54 Å². The number of carboxylic acid groups (broad SMARTS) is 1. The monoisotopic (exact) mass is 304 g/mol. The second-order valence-electron chi connectivity index (χ2n) is 5.17. The molecule has 2 aromatic rings. The Morgan fingerprint density at radius 1 is 1.36 bits per heavy atom. The van der Waals surface area contributed by atoms with E-state index in [1.165, 1.54) is 10.9 Å². The summed E-state index contributed by atoms with van der Waals surface area (Å²) >= 11 is 0.